The Labute approximate surface area is 103 Å². The predicted octanol–water partition coefficient (Wildman–Crippen LogP) is 3.10. The zero-order chi connectivity index (χ0) is 13.1. The molecule has 0 aromatic heterocycles. The second kappa shape index (κ2) is 5.21. The summed E-state index contributed by atoms with van der Waals surface area (Å²) in [6, 6.07) is 7.60. The Morgan fingerprint density at radius 1 is 1.24 bits per heavy atom. The van der Waals surface area contributed by atoms with E-state index in [1.54, 1.807) is 6.92 Å². The first-order chi connectivity index (χ1) is 7.79. The normalized spacial score (nSPS) is 13.0. The van der Waals surface area contributed by atoms with E-state index in [0.29, 0.717) is 5.75 Å². The average Bonchev–Trinajstić information content (AvgIpc) is 2.18. The fourth-order valence-electron chi connectivity index (χ4n) is 1.31. The van der Waals surface area contributed by atoms with Crippen LogP contribution in [0, 0.1) is 6.92 Å². The van der Waals surface area contributed by atoms with Gasteiger partial charge in [-0.15, -0.1) is 0 Å². The Morgan fingerprint density at radius 2 is 1.82 bits per heavy atom. The molecule has 0 aliphatic carbocycles. The molecule has 0 aliphatic rings. The maximum atomic E-state index is 11.7. The lowest BCUT2D eigenvalue weighted by Gasteiger charge is -2.23. The van der Waals surface area contributed by atoms with Crippen LogP contribution in [0.1, 0.15) is 33.3 Å². The molecule has 94 valence electrons. The van der Waals surface area contributed by atoms with Gasteiger partial charge >= 0.3 is 5.97 Å². The summed E-state index contributed by atoms with van der Waals surface area (Å²) in [5.41, 5.74) is 0.517. The first-order valence-electron chi connectivity index (χ1n) is 5.75. The third-order valence-corrected chi connectivity index (χ3v) is 2.14. The fraction of sp³-hybridized carbons (Fsp3) is 0.500. The van der Waals surface area contributed by atoms with Gasteiger partial charge in [0.1, 0.15) is 11.4 Å². The van der Waals surface area contributed by atoms with E-state index in [2.05, 4.69) is 0 Å². The van der Waals surface area contributed by atoms with E-state index in [9.17, 15) is 4.79 Å². The number of hydrogen-bond donors (Lipinski definition) is 0. The van der Waals surface area contributed by atoms with E-state index < -0.39 is 11.7 Å². The van der Waals surface area contributed by atoms with E-state index in [0.717, 1.165) is 5.56 Å². The van der Waals surface area contributed by atoms with Crippen LogP contribution in [-0.2, 0) is 9.53 Å². The first kappa shape index (κ1) is 13.6. The molecule has 0 saturated heterocycles. The quantitative estimate of drug-likeness (QED) is 0.756. The number of rotatable bonds is 3. The molecule has 0 aliphatic heterocycles. The summed E-state index contributed by atoms with van der Waals surface area (Å²) < 4.78 is 10.8. The monoisotopic (exact) mass is 236 g/mol. The summed E-state index contributed by atoms with van der Waals surface area (Å²) in [6.07, 6.45) is -0.602. The molecule has 1 rings (SSSR count). The van der Waals surface area contributed by atoms with Gasteiger partial charge in [-0.2, -0.15) is 0 Å². The third-order valence-electron chi connectivity index (χ3n) is 2.14. The molecule has 0 radical (unpaired) electrons. The second-order valence-corrected chi connectivity index (χ2v) is 5.06. The third kappa shape index (κ3) is 4.47. The lowest BCUT2D eigenvalue weighted by atomic mass is 10.2. The van der Waals surface area contributed by atoms with E-state index >= 15 is 0 Å². The zero-order valence-electron chi connectivity index (χ0n) is 11.1. The first-order valence-corrected chi connectivity index (χ1v) is 5.75. The van der Waals surface area contributed by atoms with Gasteiger partial charge in [0.05, 0.1) is 0 Å². The minimum Gasteiger partial charge on any atom is -0.479 e. The van der Waals surface area contributed by atoms with Crippen LogP contribution in [-0.4, -0.2) is 17.7 Å². The minimum absolute atomic E-state index is 0.347. The standard InChI is InChI=1S/C14H20O3/c1-10-8-6-7-9-12(10)16-11(2)13(15)17-14(3,4)5/h6-9,11H,1-5H3. The Kier molecular flexibility index (Phi) is 4.16. The highest BCUT2D eigenvalue weighted by Crippen LogP contribution is 2.19. The molecule has 0 spiro atoms. The van der Waals surface area contributed by atoms with Gasteiger partial charge in [0.25, 0.3) is 0 Å². The minimum atomic E-state index is -0.602. The largest absolute Gasteiger partial charge is 0.479 e. The number of benzene rings is 1. The predicted molar refractivity (Wildman–Crippen MR) is 67.1 cm³/mol. The van der Waals surface area contributed by atoms with Crippen LogP contribution in [0.4, 0.5) is 0 Å². The molecule has 3 nitrogen and oxygen atoms in total. The van der Waals surface area contributed by atoms with Gasteiger partial charge in [-0.25, -0.2) is 4.79 Å². The highest BCUT2D eigenvalue weighted by atomic mass is 16.6. The Morgan fingerprint density at radius 3 is 2.35 bits per heavy atom. The molecule has 1 atom stereocenters. The highest BCUT2D eigenvalue weighted by molar-refractivity contribution is 5.75. The van der Waals surface area contributed by atoms with Gasteiger partial charge in [0.2, 0.25) is 0 Å². The zero-order valence-corrected chi connectivity index (χ0v) is 11.1. The van der Waals surface area contributed by atoms with Crippen LogP contribution in [0.2, 0.25) is 0 Å². The molecule has 0 bridgehead atoms. The van der Waals surface area contributed by atoms with Crippen LogP contribution >= 0.6 is 0 Å². The van der Waals surface area contributed by atoms with Crippen LogP contribution in [0.15, 0.2) is 24.3 Å². The molecule has 1 aromatic rings. The molecule has 17 heavy (non-hydrogen) atoms. The average molecular weight is 236 g/mol. The van der Waals surface area contributed by atoms with Gasteiger partial charge in [-0.05, 0) is 46.2 Å². The van der Waals surface area contributed by atoms with Crippen molar-refractivity contribution in [3.63, 3.8) is 0 Å². The summed E-state index contributed by atoms with van der Waals surface area (Å²) in [7, 11) is 0. The molecule has 0 amide bonds. The lowest BCUT2D eigenvalue weighted by Crippen LogP contribution is -2.33. The molecule has 0 N–H and O–H groups in total. The van der Waals surface area contributed by atoms with Crippen LogP contribution in [0.5, 0.6) is 5.75 Å². The number of esters is 1. The van der Waals surface area contributed by atoms with Crippen molar-refractivity contribution in [3.05, 3.63) is 29.8 Å². The molecule has 1 aromatic carbocycles. The number of hydrogen-bond acceptors (Lipinski definition) is 3. The smallest absolute Gasteiger partial charge is 0.347 e. The van der Waals surface area contributed by atoms with Gasteiger partial charge in [0, 0.05) is 0 Å². The van der Waals surface area contributed by atoms with E-state index in [1.165, 1.54) is 0 Å². The number of carbonyl (C=O) groups excluding carboxylic acids is 1. The van der Waals surface area contributed by atoms with E-state index in [1.807, 2.05) is 52.0 Å². The maximum absolute atomic E-state index is 11.7. The van der Waals surface area contributed by atoms with E-state index in [4.69, 9.17) is 9.47 Å². The van der Waals surface area contributed by atoms with Gasteiger partial charge < -0.3 is 9.47 Å². The summed E-state index contributed by atoms with van der Waals surface area (Å²) in [6.45, 7) is 9.15. The molecular weight excluding hydrogens is 216 g/mol. The number of ether oxygens (including phenoxy) is 2. The SMILES string of the molecule is Cc1ccccc1OC(C)C(=O)OC(C)(C)C. The highest BCUT2D eigenvalue weighted by Gasteiger charge is 2.23. The van der Waals surface area contributed by atoms with Gasteiger partial charge in [-0.1, -0.05) is 18.2 Å². The van der Waals surface area contributed by atoms with Crippen molar-refractivity contribution in [2.75, 3.05) is 0 Å². The maximum Gasteiger partial charge on any atom is 0.347 e. The fourth-order valence-corrected chi connectivity index (χ4v) is 1.31. The van der Waals surface area contributed by atoms with Gasteiger partial charge in [0.15, 0.2) is 6.10 Å². The topological polar surface area (TPSA) is 35.5 Å². The lowest BCUT2D eigenvalue weighted by molar-refractivity contribution is -0.162. The molecular formula is C14H20O3. The Hall–Kier alpha value is -1.51. The summed E-state index contributed by atoms with van der Waals surface area (Å²) >= 11 is 0. The van der Waals surface area contributed by atoms with Crippen LogP contribution < -0.4 is 4.74 Å². The second-order valence-electron chi connectivity index (χ2n) is 5.06. The van der Waals surface area contributed by atoms with Crippen molar-refractivity contribution in [1.29, 1.82) is 0 Å². The number of carbonyl (C=O) groups is 1. The van der Waals surface area contributed by atoms with Crippen molar-refractivity contribution in [1.82, 2.24) is 0 Å². The molecule has 1 unspecified atom stereocenters. The Balaban J connectivity index is 2.64. The van der Waals surface area contributed by atoms with E-state index in [-0.39, 0.29) is 5.97 Å². The Bertz CT molecular complexity index is 391. The number of para-hydroxylation sites is 1. The van der Waals surface area contributed by atoms with Crippen molar-refractivity contribution in [2.24, 2.45) is 0 Å². The van der Waals surface area contributed by atoms with Crippen LogP contribution in [0.3, 0.4) is 0 Å². The summed E-state index contributed by atoms with van der Waals surface area (Å²) in [5, 5.41) is 0. The molecule has 0 saturated carbocycles. The van der Waals surface area contributed by atoms with Crippen molar-refractivity contribution < 1.29 is 14.3 Å². The van der Waals surface area contributed by atoms with Crippen molar-refractivity contribution in [3.8, 4) is 5.75 Å². The summed E-state index contributed by atoms with van der Waals surface area (Å²) in [5.74, 6) is 0.367. The van der Waals surface area contributed by atoms with Crippen LogP contribution in [0.25, 0.3) is 0 Å². The van der Waals surface area contributed by atoms with Crippen molar-refractivity contribution >= 4 is 5.97 Å². The number of aryl methyl sites for hydroxylation is 1. The molecule has 0 heterocycles. The summed E-state index contributed by atoms with van der Waals surface area (Å²) in [4.78, 5) is 11.7. The van der Waals surface area contributed by atoms with Gasteiger partial charge in [-0.3, -0.25) is 0 Å². The van der Waals surface area contributed by atoms with Crippen molar-refractivity contribution in [2.45, 2.75) is 46.3 Å². The molecule has 0 fully saturated rings. The molecule has 3 heteroatoms.